The summed E-state index contributed by atoms with van der Waals surface area (Å²) in [4.78, 5) is 22.3. The summed E-state index contributed by atoms with van der Waals surface area (Å²) in [6, 6.07) is 4.02. The van der Waals surface area contributed by atoms with Crippen molar-refractivity contribution >= 4 is 17.3 Å². The molecule has 118 valence electrons. The quantitative estimate of drug-likeness (QED) is 0.849. The highest BCUT2D eigenvalue weighted by Gasteiger charge is 2.20. The minimum absolute atomic E-state index is 0.123. The van der Waals surface area contributed by atoms with Gasteiger partial charge in [0.15, 0.2) is 0 Å². The molecule has 0 radical (unpaired) electrons. The summed E-state index contributed by atoms with van der Waals surface area (Å²) in [5.41, 5.74) is 1.94. The lowest BCUT2D eigenvalue weighted by Gasteiger charge is -2.14. The van der Waals surface area contributed by atoms with Crippen LogP contribution in [-0.4, -0.2) is 39.5 Å². The van der Waals surface area contributed by atoms with Gasteiger partial charge < -0.3 is 5.11 Å². The van der Waals surface area contributed by atoms with Crippen molar-refractivity contribution in [2.45, 2.75) is 32.7 Å². The smallest absolute Gasteiger partial charge is 0.347 e. The van der Waals surface area contributed by atoms with Crippen molar-refractivity contribution in [2.24, 2.45) is 0 Å². The topological polar surface area (TPSA) is 66.3 Å². The maximum atomic E-state index is 11.3. The monoisotopic (exact) mass is 319 g/mol. The largest absolute Gasteiger partial charge is 0.477 e. The molecule has 2 rings (SSSR count). The summed E-state index contributed by atoms with van der Waals surface area (Å²) in [7, 11) is 2.03. The van der Waals surface area contributed by atoms with E-state index in [1.54, 1.807) is 12.4 Å². The minimum atomic E-state index is -0.883. The molecule has 0 amide bonds. The predicted octanol–water partition coefficient (Wildman–Crippen LogP) is 3.03. The Kier molecular flexibility index (Phi) is 5.63. The number of pyridine rings is 1. The molecule has 0 aliphatic heterocycles. The van der Waals surface area contributed by atoms with Gasteiger partial charge in [0.05, 0.1) is 12.2 Å². The Morgan fingerprint density at radius 1 is 1.36 bits per heavy atom. The average Bonchev–Trinajstić information content (AvgIpc) is 2.90. The van der Waals surface area contributed by atoms with Gasteiger partial charge in [-0.05, 0) is 37.1 Å². The molecule has 0 aromatic carbocycles. The van der Waals surface area contributed by atoms with Gasteiger partial charge in [-0.3, -0.25) is 9.88 Å². The minimum Gasteiger partial charge on any atom is -0.477 e. The molecule has 5 nitrogen and oxygen atoms in total. The highest BCUT2D eigenvalue weighted by Crippen LogP contribution is 2.25. The number of hydrogen-bond acceptors (Lipinski definition) is 5. The van der Waals surface area contributed by atoms with Crippen molar-refractivity contribution < 1.29 is 9.90 Å². The molecule has 0 aliphatic carbocycles. The second-order valence-electron chi connectivity index (χ2n) is 5.63. The molecule has 1 N–H and O–H groups in total. The second-order valence-corrected chi connectivity index (χ2v) is 6.71. The molecule has 0 aliphatic rings. The summed E-state index contributed by atoms with van der Waals surface area (Å²) >= 11 is 1.28. The number of rotatable bonds is 7. The zero-order chi connectivity index (χ0) is 16.1. The van der Waals surface area contributed by atoms with Gasteiger partial charge >= 0.3 is 5.97 Å². The third-order valence-electron chi connectivity index (χ3n) is 3.38. The lowest BCUT2D eigenvalue weighted by molar-refractivity contribution is 0.0700. The fraction of sp³-hybridized carbons (Fsp3) is 0.438. The third-order valence-corrected chi connectivity index (χ3v) is 4.42. The number of carbonyl (C=O) groups is 1. The standard InChI is InChI=1S/C16H21N3O2S/c1-11(2)14-15(16(20)21)22-13(18-14)10-19(3)9-6-12-4-7-17-8-5-12/h4-5,7-8,11H,6,9-10H2,1-3H3,(H,20,21). The van der Waals surface area contributed by atoms with Crippen LogP contribution < -0.4 is 0 Å². The zero-order valence-corrected chi connectivity index (χ0v) is 13.9. The van der Waals surface area contributed by atoms with E-state index >= 15 is 0 Å². The maximum Gasteiger partial charge on any atom is 0.347 e. The van der Waals surface area contributed by atoms with Crippen molar-refractivity contribution in [3.05, 3.63) is 45.7 Å². The van der Waals surface area contributed by atoms with Gasteiger partial charge in [0, 0.05) is 18.9 Å². The Morgan fingerprint density at radius 2 is 2.05 bits per heavy atom. The molecule has 22 heavy (non-hydrogen) atoms. The molecule has 2 heterocycles. The third kappa shape index (κ3) is 4.35. The Bertz CT molecular complexity index is 626. The number of likely N-dealkylation sites (N-methyl/N-ethyl adjacent to an activating group) is 1. The lowest BCUT2D eigenvalue weighted by atomic mass is 10.1. The predicted molar refractivity (Wildman–Crippen MR) is 87.4 cm³/mol. The number of aromatic carboxylic acids is 1. The van der Waals surface area contributed by atoms with E-state index in [0.29, 0.717) is 17.1 Å². The van der Waals surface area contributed by atoms with Gasteiger partial charge in [-0.2, -0.15) is 0 Å². The Morgan fingerprint density at radius 3 is 2.59 bits per heavy atom. The Hall–Kier alpha value is -1.79. The summed E-state index contributed by atoms with van der Waals surface area (Å²) in [5, 5.41) is 10.1. The van der Waals surface area contributed by atoms with Crippen molar-refractivity contribution in [3.63, 3.8) is 0 Å². The normalized spacial score (nSPS) is 11.3. The number of carboxylic acids is 1. The number of hydrogen-bond donors (Lipinski definition) is 1. The van der Waals surface area contributed by atoms with Crippen LogP contribution in [0.2, 0.25) is 0 Å². The fourth-order valence-electron chi connectivity index (χ4n) is 2.17. The van der Waals surface area contributed by atoms with Gasteiger partial charge in [0.1, 0.15) is 9.88 Å². The summed E-state index contributed by atoms with van der Waals surface area (Å²) < 4.78 is 0. The molecule has 0 bridgehead atoms. The van der Waals surface area contributed by atoms with Gasteiger partial charge in [-0.25, -0.2) is 9.78 Å². The van der Waals surface area contributed by atoms with Gasteiger partial charge in [0.2, 0.25) is 0 Å². The van der Waals surface area contributed by atoms with E-state index in [-0.39, 0.29) is 5.92 Å². The summed E-state index contributed by atoms with van der Waals surface area (Å²) in [6.07, 6.45) is 4.53. The van der Waals surface area contributed by atoms with Crippen LogP contribution in [0.15, 0.2) is 24.5 Å². The molecule has 0 unspecified atom stereocenters. The van der Waals surface area contributed by atoms with E-state index in [1.807, 2.05) is 33.0 Å². The van der Waals surface area contributed by atoms with Crippen molar-refractivity contribution in [1.29, 1.82) is 0 Å². The van der Waals surface area contributed by atoms with Crippen LogP contribution in [0.5, 0.6) is 0 Å². The molecule has 0 fully saturated rings. The highest BCUT2D eigenvalue weighted by atomic mass is 32.1. The van der Waals surface area contributed by atoms with E-state index in [4.69, 9.17) is 0 Å². The van der Waals surface area contributed by atoms with Crippen LogP contribution in [0.25, 0.3) is 0 Å². The van der Waals surface area contributed by atoms with Crippen LogP contribution in [0, 0.1) is 0 Å². The zero-order valence-electron chi connectivity index (χ0n) is 13.1. The van der Waals surface area contributed by atoms with E-state index in [1.165, 1.54) is 16.9 Å². The van der Waals surface area contributed by atoms with Gasteiger partial charge in [0.25, 0.3) is 0 Å². The van der Waals surface area contributed by atoms with Crippen LogP contribution >= 0.6 is 11.3 Å². The van der Waals surface area contributed by atoms with Crippen LogP contribution in [0.3, 0.4) is 0 Å². The molecule has 0 saturated heterocycles. The van der Waals surface area contributed by atoms with Gasteiger partial charge in [-0.1, -0.05) is 13.8 Å². The second kappa shape index (κ2) is 7.47. The van der Waals surface area contributed by atoms with E-state index in [9.17, 15) is 9.90 Å². The molecule has 0 saturated carbocycles. The molecule has 2 aromatic rings. The van der Waals surface area contributed by atoms with E-state index < -0.39 is 5.97 Å². The van der Waals surface area contributed by atoms with E-state index in [2.05, 4.69) is 14.9 Å². The molecular weight excluding hydrogens is 298 g/mol. The average molecular weight is 319 g/mol. The first-order chi connectivity index (χ1) is 10.5. The molecular formula is C16H21N3O2S. The maximum absolute atomic E-state index is 11.3. The SMILES string of the molecule is CC(C)c1nc(CN(C)CCc2ccncc2)sc1C(=O)O. The van der Waals surface area contributed by atoms with Gasteiger partial charge in [-0.15, -0.1) is 11.3 Å². The number of aromatic nitrogens is 2. The van der Waals surface area contributed by atoms with E-state index in [0.717, 1.165) is 18.0 Å². The summed E-state index contributed by atoms with van der Waals surface area (Å²) in [6.45, 7) is 5.50. The number of nitrogens with zero attached hydrogens (tertiary/aromatic N) is 3. The van der Waals surface area contributed by atoms with Crippen molar-refractivity contribution in [3.8, 4) is 0 Å². The summed E-state index contributed by atoms with van der Waals surface area (Å²) in [5.74, 6) is -0.759. The fourth-order valence-corrected chi connectivity index (χ4v) is 3.31. The van der Waals surface area contributed by atoms with Crippen LogP contribution in [0.4, 0.5) is 0 Å². The Balaban J connectivity index is 1.98. The Labute approximate surface area is 134 Å². The van der Waals surface area contributed by atoms with Crippen LogP contribution in [0.1, 0.15) is 45.7 Å². The molecule has 2 aromatic heterocycles. The highest BCUT2D eigenvalue weighted by molar-refractivity contribution is 7.13. The molecule has 0 spiro atoms. The van der Waals surface area contributed by atoms with Crippen molar-refractivity contribution in [1.82, 2.24) is 14.9 Å². The molecule has 6 heteroatoms. The first-order valence-corrected chi connectivity index (χ1v) is 8.09. The first-order valence-electron chi connectivity index (χ1n) is 7.27. The first kappa shape index (κ1) is 16.6. The van der Waals surface area contributed by atoms with Crippen LogP contribution in [-0.2, 0) is 13.0 Å². The lowest BCUT2D eigenvalue weighted by Crippen LogP contribution is -2.20. The number of thiazole rings is 1. The molecule has 0 atom stereocenters. The van der Waals surface area contributed by atoms with Crippen molar-refractivity contribution in [2.75, 3.05) is 13.6 Å². The number of carboxylic acid groups (broad SMARTS) is 1.